The number of carboxylic acids is 1. The van der Waals surface area contributed by atoms with Crippen LogP contribution in [-0.4, -0.2) is 31.1 Å². The standard InChI is InChI=1S/C11H10N6O2/c12-3-8-1-2-13-5-10(8)14-4-9-6-17(16-15-9)7-11(18)19/h1-2,5-6,14H,4,7H2,(H,18,19). The summed E-state index contributed by atoms with van der Waals surface area (Å²) in [4.78, 5) is 14.4. The summed E-state index contributed by atoms with van der Waals surface area (Å²) in [6, 6.07) is 3.64. The SMILES string of the molecule is N#Cc1ccncc1NCc1cn(CC(=O)O)nn1. The monoisotopic (exact) mass is 258 g/mol. The Labute approximate surface area is 108 Å². The fourth-order valence-corrected chi connectivity index (χ4v) is 1.45. The number of nitrogens with zero attached hydrogens (tertiary/aromatic N) is 5. The van der Waals surface area contributed by atoms with Gasteiger partial charge in [-0.1, -0.05) is 5.21 Å². The molecule has 0 aliphatic carbocycles. The molecule has 2 heterocycles. The van der Waals surface area contributed by atoms with Crippen molar-refractivity contribution in [2.75, 3.05) is 5.32 Å². The first-order valence-electron chi connectivity index (χ1n) is 5.38. The van der Waals surface area contributed by atoms with Crippen molar-refractivity contribution in [1.29, 1.82) is 5.26 Å². The maximum atomic E-state index is 10.5. The normalized spacial score (nSPS) is 9.84. The van der Waals surface area contributed by atoms with Gasteiger partial charge in [-0.15, -0.1) is 5.10 Å². The van der Waals surface area contributed by atoms with Crippen LogP contribution in [0, 0.1) is 11.3 Å². The second-order valence-corrected chi connectivity index (χ2v) is 3.69. The highest BCUT2D eigenvalue weighted by Gasteiger charge is 2.05. The van der Waals surface area contributed by atoms with E-state index in [0.717, 1.165) is 0 Å². The minimum atomic E-state index is -0.983. The van der Waals surface area contributed by atoms with Crippen LogP contribution in [0.25, 0.3) is 0 Å². The molecule has 2 aromatic rings. The molecule has 0 atom stereocenters. The lowest BCUT2D eigenvalue weighted by molar-refractivity contribution is -0.137. The molecule has 2 rings (SSSR count). The van der Waals surface area contributed by atoms with Crippen molar-refractivity contribution in [3.05, 3.63) is 35.9 Å². The Balaban J connectivity index is 2.01. The number of hydrogen-bond acceptors (Lipinski definition) is 6. The van der Waals surface area contributed by atoms with Crippen LogP contribution in [0.5, 0.6) is 0 Å². The van der Waals surface area contributed by atoms with E-state index in [1.807, 2.05) is 6.07 Å². The van der Waals surface area contributed by atoms with Crippen molar-refractivity contribution < 1.29 is 9.90 Å². The molecule has 8 nitrogen and oxygen atoms in total. The first kappa shape index (κ1) is 12.5. The van der Waals surface area contributed by atoms with Gasteiger partial charge in [0, 0.05) is 6.20 Å². The van der Waals surface area contributed by atoms with Crippen LogP contribution in [0.2, 0.25) is 0 Å². The minimum absolute atomic E-state index is 0.233. The van der Waals surface area contributed by atoms with Gasteiger partial charge in [0.05, 0.1) is 30.2 Å². The second-order valence-electron chi connectivity index (χ2n) is 3.69. The molecule has 2 aromatic heterocycles. The van der Waals surface area contributed by atoms with E-state index in [2.05, 4.69) is 20.6 Å². The number of hydrogen-bond donors (Lipinski definition) is 2. The summed E-state index contributed by atoms with van der Waals surface area (Å²) < 4.78 is 1.23. The largest absolute Gasteiger partial charge is 0.480 e. The Morgan fingerprint density at radius 1 is 1.58 bits per heavy atom. The highest BCUT2D eigenvalue weighted by atomic mass is 16.4. The van der Waals surface area contributed by atoms with Gasteiger partial charge in [-0.05, 0) is 6.07 Å². The molecular weight excluding hydrogens is 248 g/mol. The molecule has 0 unspecified atom stereocenters. The van der Waals surface area contributed by atoms with E-state index in [9.17, 15) is 4.79 Å². The Morgan fingerprint density at radius 2 is 2.42 bits per heavy atom. The molecule has 0 radical (unpaired) electrons. The molecule has 0 aliphatic heterocycles. The fourth-order valence-electron chi connectivity index (χ4n) is 1.45. The number of aliphatic carboxylic acids is 1. The summed E-state index contributed by atoms with van der Waals surface area (Å²) in [5, 5.41) is 28.0. The van der Waals surface area contributed by atoms with Crippen molar-refractivity contribution in [1.82, 2.24) is 20.0 Å². The van der Waals surface area contributed by atoms with Crippen LogP contribution in [0.15, 0.2) is 24.7 Å². The van der Waals surface area contributed by atoms with Crippen molar-refractivity contribution in [2.45, 2.75) is 13.1 Å². The summed E-state index contributed by atoms with van der Waals surface area (Å²) in [7, 11) is 0. The Bertz CT molecular complexity index is 630. The molecule has 0 bridgehead atoms. The first-order chi connectivity index (χ1) is 9.19. The number of carbonyl (C=O) groups is 1. The number of aromatic nitrogens is 4. The smallest absolute Gasteiger partial charge is 0.325 e. The third-order valence-corrected chi connectivity index (χ3v) is 2.28. The Kier molecular flexibility index (Phi) is 3.68. The average molecular weight is 258 g/mol. The molecule has 0 aliphatic rings. The van der Waals surface area contributed by atoms with Crippen LogP contribution in [-0.2, 0) is 17.9 Å². The molecule has 0 aromatic carbocycles. The molecule has 0 saturated carbocycles. The highest BCUT2D eigenvalue weighted by Crippen LogP contribution is 2.12. The number of carboxylic acid groups (broad SMARTS) is 1. The van der Waals surface area contributed by atoms with Crippen LogP contribution < -0.4 is 5.32 Å². The topological polar surface area (TPSA) is 117 Å². The summed E-state index contributed by atoms with van der Waals surface area (Å²) in [6.45, 7) is 0.101. The summed E-state index contributed by atoms with van der Waals surface area (Å²) in [6.07, 6.45) is 4.61. The van der Waals surface area contributed by atoms with Gasteiger partial charge < -0.3 is 10.4 Å². The van der Waals surface area contributed by atoms with Crippen molar-refractivity contribution in [3.63, 3.8) is 0 Å². The van der Waals surface area contributed by atoms with Gasteiger partial charge in [-0.25, -0.2) is 4.68 Å². The predicted octanol–water partition coefficient (Wildman–Crippen LogP) is 0.241. The van der Waals surface area contributed by atoms with E-state index >= 15 is 0 Å². The second kappa shape index (κ2) is 5.59. The highest BCUT2D eigenvalue weighted by molar-refractivity contribution is 5.66. The molecule has 0 amide bonds. The lowest BCUT2D eigenvalue weighted by atomic mass is 10.2. The third kappa shape index (κ3) is 3.26. The van der Waals surface area contributed by atoms with Crippen LogP contribution in [0.1, 0.15) is 11.3 Å². The Morgan fingerprint density at radius 3 is 3.16 bits per heavy atom. The molecule has 2 N–H and O–H groups in total. The maximum Gasteiger partial charge on any atom is 0.325 e. The Hall–Kier alpha value is -2.95. The molecule has 19 heavy (non-hydrogen) atoms. The quantitative estimate of drug-likeness (QED) is 0.788. The molecule has 8 heteroatoms. The lowest BCUT2D eigenvalue weighted by Gasteiger charge is -2.04. The molecule has 0 saturated heterocycles. The van der Waals surface area contributed by atoms with Crippen molar-refractivity contribution in [2.24, 2.45) is 0 Å². The van der Waals surface area contributed by atoms with Crippen LogP contribution >= 0.6 is 0 Å². The maximum absolute atomic E-state index is 10.5. The van der Waals surface area contributed by atoms with E-state index in [1.54, 1.807) is 12.3 Å². The zero-order chi connectivity index (χ0) is 13.7. The summed E-state index contributed by atoms with van der Waals surface area (Å²) >= 11 is 0. The van der Waals surface area contributed by atoms with Gasteiger partial charge in [0.15, 0.2) is 0 Å². The van der Waals surface area contributed by atoms with Crippen LogP contribution in [0.3, 0.4) is 0 Å². The zero-order valence-corrected chi connectivity index (χ0v) is 9.82. The molecule has 96 valence electrons. The van der Waals surface area contributed by atoms with E-state index in [1.165, 1.54) is 17.1 Å². The zero-order valence-electron chi connectivity index (χ0n) is 9.82. The van der Waals surface area contributed by atoms with Gasteiger partial charge in [0.1, 0.15) is 18.3 Å². The molecule has 0 spiro atoms. The van der Waals surface area contributed by atoms with Crippen molar-refractivity contribution >= 4 is 11.7 Å². The lowest BCUT2D eigenvalue weighted by Crippen LogP contribution is -2.09. The summed E-state index contributed by atoms with van der Waals surface area (Å²) in [5.41, 5.74) is 1.65. The minimum Gasteiger partial charge on any atom is -0.480 e. The van der Waals surface area contributed by atoms with E-state index in [-0.39, 0.29) is 6.54 Å². The van der Waals surface area contributed by atoms with Crippen LogP contribution in [0.4, 0.5) is 5.69 Å². The summed E-state index contributed by atoms with van der Waals surface area (Å²) in [5.74, 6) is -0.983. The average Bonchev–Trinajstić information content (AvgIpc) is 2.83. The number of nitrogens with one attached hydrogen (secondary N) is 1. The number of pyridine rings is 1. The number of rotatable bonds is 5. The van der Waals surface area contributed by atoms with E-state index in [4.69, 9.17) is 10.4 Å². The molecular formula is C11H10N6O2. The first-order valence-corrected chi connectivity index (χ1v) is 5.38. The fraction of sp³-hybridized carbons (Fsp3) is 0.182. The number of nitriles is 1. The molecule has 0 fully saturated rings. The van der Waals surface area contributed by atoms with Crippen molar-refractivity contribution in [3.8, 4) is 6.07 Å². The van der Waals surface area contributed by atoms with Gasteiger partial charge in [0.25, 0.3) is 0 Å². The predicted molar refractivity (Wildman–Crippen MR) is 63.9 cm³/mol. The van der Waals surface area contributed by atoms with Gasteiger partial charge in [-0.2, -0.15) is 5.26 Å². The van der Waals surface area contributed by atoms with Gasteiger partial charge in [0.2, 0.25) is 0 Å². The van der Waals surface area contributed by atoms with E-state index < -0.39 is 5.97 Å². The van der Waals surface area contributed by atoms with Gasteiger partial charge >= 0.3 is 5.97 Å². The van der Waals surface area contributed by atoms with E-state index in [0.29, 0.717) is 23.5 Å². The number of anilines is 1. The third-order valence-electron chi connectivity index (χ3n) is 2.28. The van der Waals surface area contributed by atoms with Gasteiger partial charge in [-0.3, -0.25) is 9.78 Å².